The average molecular weight is 411 g/mol. The van der Waals surface area contributed by atoms with Crippen LogP contribution < -0.4 is 10.1 Å². The number of H-pyrrole nitrogens is 1. The van der Waals surface area contributed by atoms with Gasteiger partial charge in [-0.2, -0.15) is 0 Å². The molecule has 7 nitrogen and oxygen atoms in total. The van der Waals surface area contributed by atoms with E-state index in [2.05, 4.69) is 25.5 Å². The Balaban J connectivity index is 1.37. The van der Waals surface area contributed by atoms with Crippen molar-refractivity contribution < 1.29 is 17.9 Å². The lowest BCUT2D eigenvalue weighted by Gasteiger charge is -2.23. The van der Waals surface area contributed by atoms with Crippen LogP contribution in [-0.4, -0.2) is 26.3 Å². The lowest BCUT2D eigenvalue weighted by molar-refractivity contribution is 0.149. The highest BCUT2D eigenvalue weighted by Crippen LogP contribution is 2.31. The first-order chi connectivity index (χ1) is 14.7. The van der Waals surface area contributed by atoms with Crippen molar-refractivity contribution in [2.45, 2.75) is 38.2 Å². The predicted octanol–water partition coefficient (Wildman–Crippen LogP) is 5.35. The number of ether oxygens (including phenoxy) is 1. The molecule has 2 aromatic heterocycles. The van der Waals surface area contributed by atoms with Gasteiger partial charge in [0.15, 0.2) is 17.4 Å². The number of fused-ring (bicyclic) bond motifs is 1. The van der Waals surface area contributed by atoms with Crippen LogP contribution in [0.4, 0.5) is 20.5 Å². The summed E-state index contributed by atoms with van der Waals surface area (Å²) in [6.45, 7) is 0. The number of nitrogens with zero attached hydrogens (tertiary/aromatic N) is 3. The molecule has 0 radical (unpaired) electrons. The molecule has 0 aliphatic heterocycles. The number of aromatic amines is 1. The van der Waals surface area contributed by atoms with Crippen molar-refractivity contribution in [3.05, 3.63) is 48.0 Å². The van der Waals surface area contributed by atoms with Crippen LogP contribution in [0.1, 0.15) is 32.1 Å². The molecule has 5 rings (SSSR count). The lowest BCUT2D eigenvalue weighted by atomic mass is 9.98. The van der Waals surface area contributed by atoms with Crippen molar-refractivity contribution in [1.82, 2.24) is 20.2 Å². The Labute approximate surface area is 170 Å². The molecule has 1 saturated carbocycles. The van der Waals surface area contributed by atoms with Crippen molar-refractivity contribution in [3.63, 3.8) is 0 Å². The molecule has 0 spiro atoms. The van der Waals surface area contributed by atoms with E-state index in [4.69, 9.17) is 9.15 Å². The van der Waals surface area contributed by atoms with Gasteiger partial charge in [0.05, 0.1) is 11.6 Å². The molecule has 2 N–H and O–H groups in total. The number of imidazole rings is 1. The van der Waals surface area contributed by atoms with Gasteiger partial charge in [-0.3, -0.25) is 0 Å². The molecule has 1 fully saturated rings. The average Bonchev–Trinajstić information content (AvgIpc) is 3.40. The first-order valence-electron chi connectivity index (χ1n) is 9.87. The van der Waals surface area contributed by atoms with Crippen molar-refractivity contribution in [1.29, 1.82) is 0 Å². The first-order valence-corrected chi connectivity index (χ1v) is 9.87. The molecule has 2 heterocycles. The predicted molar refractivity (Wildman–Crippen MR) is 107 cm³/mol. The van der Waals surface area contributed by atoms with E-state index in [1.165, 1.54) is 18.6 Å². The second-order valence-corrected chi connectivity index (χ2v) is 7.28. The largest absolute Gasteiger partial charge is 0.487 e. The molecular formula is C21H19F2N5O2. The first kappa shape index (κ1) is 18.5. The summed E-state index contributed by atoms with van der Waals surface area (Å²) in [5.74, 6) is -0.298. The molecule has 9 heteroatoms. The van der Waals surface area contributed by atoms with Crippen LogP contribution >= 0.6 is 0 Å². The van der Waals surface area contributed by atoms with Crippen LogP contribution in [0.25, 0.3) is 22.7 Å². The maximum atomic E-state index is 15.0. The van der Waals surface area contributed by atoms with Crippen LogP contribution in [0.3, 0.4) is 0 Å². The lowest BCUT2D eigenvalue weighted by Crippen LogP contribution is -2.20. The molecule has 0 bridgehead atoms. The van der Waals surface area contributed by atoms with Crippen LogP contribution in [0, 0.1) is 11.6 Å². The van der Waals surface area contributed by atoms with Gasteiger partial charge in [0.2, 0.25) is 0 Å². The summed E-state index contributed by atoms with van der Waals surface area (Å²) in [6.07, 6.45) is 5.33. The number of rotatable bonds is 5. The van der Waals surface area contributed by atoms with E-state index in [1.807, 2.05) is 0 Å². The van der Waals surface area contributed by atoms with Gasteiger partial charge >= 0.3 is 6.01 Å². The van der Waals surface area contributed by atoms with Crippen molar-refractivity contribution in [2.75, 3.05) is 5.32 Å². The number of halogens is 2. The third-order valence-electron chi connectivity index (χ3n) is 5.13. The zero-order valence-corrected chi connectivity index (χ0v) is 16.0. The summed E-state index contributed by atoms with van der Waals surface area (Å²) in [4.78, 5) is 7.27. The summed E-state index contributed by atoms with van der Waals surface area (Å²) < 4.78 is 39.4. The van der Waals surface area contributed by atoms with Crippen LogP contribution in [0.2, 0.25) is 0 Å². The minimum atomic E-state index is -0.509. The summed E-state index contributed by atoms with van der Waals surface area (Å²) in [5.41, 5.74) is 1.25. The van der Waals surface area contributed by atoms with E-state index in [1.54, 1.807) is 24.3 Å². The number of aromatic nitrogens is 4. The van der Waals surface area contributed by atoms with Gasteiger partial charge in [0.25, 0.3) is 5.89 Å². The molecular weight excluding hydrogens is 392 g/mol. The van der Waals surface area contributed by atoms with Gasteiger partial charge in [-0.15, -0.1) is 5.10 Å². The van der Waals surface area contributed by atoms with Gasteiger partial charge in [0, 0.05) is 5.69 Å². The molecule has 1 aliphatic carbocycles. The third-order valence-corrected chi connectivity index (χ3v) is 5.13. The van der Waals surface area contributed by atoms with E-state index in [9.17, 15) is 8.78 Å². The third kappa shape index (κ3) is 3.70. The zero-order valence-electron chi connectivity index (χ0n) is 16.0. The normalized spacial score (nSPS) is 14.9. The monoisotopic (exact) mass is 411 g/mol. The van der Waals surface area contributed by atoms with Crippen molar-refractivity contribution in [2.24, 2.45) is 0 Å². The highest BCUT2D eigenvalue weighted by Gasteiger charge is 2.21. The number of hydrogen-bond donors (Lipinski definition) is 2. The molecule has 30 heavy (non-hydrogen) atoms. The topological polar surface area (TPSA) is 88.9 Å². The molecule has 0 saturated heterocycles. The second kappa shape index (κ2) is 7.74. The number of anilines is 2. The van der Waals surface area contributed by atoms with E-state index in [0.29, 0.717) is 11.2 Å². The van der Waals surface area contributed by atoms with Crippen molar-refractivity contribution in [3.8, 4) is 17.5 Å². The molecule has 1 aliphatic rings. The fourth-order valence-corrected chi connectivity index (χ4v) is 3.60. The number of nitrogens with one attached hydrogen (secondary N) is 2. The van der Waals surface area contributed by atoms with E-state index in [0.717, 1.165) is 25.7 Å². The molecule has 2 aromatic carbocycles. The van der Waals surface area contributed by atoms with Gasteiger partial charge in [0.1, 0.15) is 11.3 Å². The minimum absolute atomic E-state index is 0.0418. The Morgan fingerprint density at radius 2 is 1.80 bits per heavy atom. The summed E-state index contributed by atoms with van der Waals surface area (Å²) in [6, 6.07) is 9.17. The standard InChI is InChI=1S/C21H19F2N5O2/c22-12-6-8-13(9-7-12)24-21-28-27-20(30-21)19-25-15-10-11-16(17(23)18(15)26-19)29-14-4-2-1-3-5-14/h6-11,14H,1-5H2,(H,24,28)(H,25,26). The number of benzene rings is 2. The number of hydrogen-bond acceptors (Lipinski definition) is 6. The SMILES string of the molecule is Fc1ccc(Nc2nnc(-c3nc4c(F)c(OC5CCCCC5)ccc4[nH]3)o2)cc1. The van der Waals surface area contributed by atoms with Gasteiger partial charge in [-0.25, -0.2) is 13.8 Å². The summed E-state index contributed by atoms with van der Waals surface area (Å²) in [7, 11) is 0. The highest BCUT2D eigenvalue weighted by atomic mass is 19.1. The Morgan fingerprint density at radius 3 is 2.60 bits per heavy atom. The van der Waals surface area contributed by atoms with Crippen LogP contribution in [0.5, 0.6) is 5.75 Å². The Hall–Kier alpha value is -3.49. The van der Waals surface area contributed by atoms with Crippen LogP contribution in [-0.2, 0) is 0 Å². The van der Waals surface area contributed by atoms with Gasteiger partial charge in [-0.1, -0.05) is 11.5 Å². The van der Waals surface area contributed by atoms with E-state index < -0.39 is 5.82 Å². The second-order valence-electron chi connectivity index (χ2n) is 7.28. The molecule has 0 amide bonds. The highest BCUT2D eigenvalue weighted by molar-refractivity contribution is 5.80. The molecule has 0 atom stereocenters. The quantitative estimate of drug-likeness (QED) is 0.460. The maximum absolute atomic E-state index is 15.0. The molecule has 0 unspecified atom stereocenters. The fourth-order valence-electron chi connectivity index (χ4n) is 3.60. The maximum Gasteiger partial charge on any atom is 0.320 e. The van der Waals surface area contributed by atoms with E-state index in [-0.39, 0.29) is 40.9 Å². The Kier molecular flexibility index (Phi) is 4.78. The molecule has 154 valence electrons. The zero-order chi connectivity index (χ0) is 20.5. The smallest absolute Gasteiger partial charge is 0.320 e. The fraction of sp³-hybridized carbons (Fsp3) is 0.286. The Bertz CT molecular complexity index is 1170. The minimum Gasteiger partial charge on any atom is -0.487 e. The summed E-state index contributed by atoms with van der Waals surface area (Å²) in [5, 5.41) is 10.7. The van der Waals surface area contributed by atoms with E-state index >= 15 is 0 Å². The van der Waals surface area contributed by atoms with Gasteiger partial charge in [-0.05, 0) is 62.1 Å². The summed E-state index contributed by atoms with van der Waals surface area (Å²) >= 11 is 0. The van der Waals surface area contributed by atoms with Crippen molar-refractivity contribution >= 4 is 22.7 Å². The Morgan fingerprint density at radius 1 is 1.00 bits per heavy atom. The van der Waals surface area contributed by atoms with Crippen LogP contribution in [0.15, 0.2) is 40.8 Å². The molecule has 4 aromatic rings. The van der Waals surface area contributed by atoms with Gasteiger partial charge < -0.3 is 19.5 Å².